The number of pyridine rings is 1. The predicted octanol–water partition coefficient (Wildman–Crippen LogP) is 1.94. The molecule has 1 fully saturated rings. The van der Waals surface area contributed by atoms with Crippen LogP contribution in [0.3, 0.4) is 0 Å². The van der Waals surface area contributed by atoms with Crippen LogP contribution in [0.4, 0.5) is 0 Å². The fourth-order valence-electron chi connectivity index (χ4n) is 3.32. The van der Waals surface area contributed by atoms with Crippen molar-refractivity contribution in [1.82, 2.24) is 14.8 Å². The zero-order valence-corrected chi connectivity index (χ0v) is 14.6. The standard InChI is InChI=1S/C20H25N3O2/c1-16-5-4-6-17(13-16)14-22-11-8-18(9-12-22)21-19(24)15-23-10-3-2-7-20(23)25/h2-7,10,13,18H,8-9,11-12,14-15H2,1H3,(H,21,24). The second-order valence-electron chi connectivity index (χ2n) is 6.77. The number of carbonyl (C=O) groups is 1. The van der Waals surface area contributed by atoms with Gasteiger partial charge in [-0.15, -0.1) is 0 Å². The van der Waals surface area contributed by atoms with Crippen molar-refractivity contribution in [2.24, 2.45) is 0 Å². The number of amides is 1. The lowest BCUT2D eigenvalue weighted by Crippen LogP contribution is -2.45. The summed E-state index contributed by atoms with van der Waals surface area (Å²) in [6, 6.07) is 13.7. The third-order valence-corrected chi connectivity index (χ3v) is 4.65. The number of rotatable bonds is 5. The van der Waals surface area contributed by atoms with Crippen molar-refractivity contribution in [3.05, 3.63) is 70.1 Å². The highest BCUT2D eigenvalue weighted by molar-refractivity contribution is 5.76. The van der Waals surface area contributed by atoms with Crippen molar-refractivity contribution in [1.29, 1.82) is 0 Å². The van der Waals surface area contributed by atoms with Gasteiger partial charge in [0.15, 0.2) is 0 Å². The predicted molar refractivity (Wildman–Crippen MR) is 98.3 cm³/mol. The van der Waals surface area contributed by atoms with Gasteiger partial charge in [-0.3, -0.25) is 14.5 Å². The Labute approximate surface area is 148 Å². The number of piperidine rings is 1. The van der Waals surface area contributed by atoms with E-state index in [1.165, 1.54) is 21.8 Å². The lowest BCUT2D eigenvalue weighted by Gasteiger charge is -2.32. The Balaban J connectivity index is 1.45. The first kappa shape index (κ1) is 17.4. The van der Waals surface area contributed by atoms with Crippen LogP contribution in [-0.2, 0) is 17.9 Å². The average molecular weight is 339 g/mol. The number of nitrogens with zero attached hydrogens (tertiary/aromatic N) is 2. The number of likely N-dealkylation sites (tertiary alicyclic amines) is 1. The van der Waals surface area contributed by atoms with Gasteiger partial charge in [0.25, 0.3) is 5.56 Å². The molecule has 5 nitrogen and oxygen atoms in total. The Morgan fingerprint density at radius 2 is 1.96 bits per heavy atom. The van der Waals surface area contributed by atoms with E-state index in [1.807, 2.05) is 0 Å². The molecule has 1 N–H and O–H groups in total. The Bertz CT molecular complexity index is 776. The van der Waals surface area contributed by atoms with E-state index >= 15 is 0 Å². The minimum atomic E-state index is -0.148. The average Bonchev–Trinajstić information content (AvgIpc) is 2.59. The van der Waals surface area contributed by atoms with Crippen LogP contribution in [0.15, 0.2) is 53.5 Å². The summed E-state index contributed by atoms with van der Waals surface area (Å²) in [4.78, 5) is 26.3. The third kappa shape index (κ3) is 5.03. The highest BCUT2D eigenvalue weighted by Gasteiger charge is 2.20. The van der Waals surface area contributed by atoms with Gasteiger partial charge in [0, 0.05) is 37.9 Å². The van der Waals surface area contributed by atoms with Crippen molar-refractivity contribution in [2.45, 2.75) is 38.9 Å². The summed E-state index contributed by atoms with van der Waals surface area (Å²) in [6.07, 6.45) is 3.54. The highest BCUT2D eigenvalue weighted by atomic mass is 16.2. The van der Waals surface area contributed by atoms with Crippen LogP contribution >= 0.6 is 0 Å². The van der Waals surface area contributed by atoms with E-state index in [1.54, 1.807) is 18.3 Å². The van der Waals surface area contributed by atoms with E-state index in [4.69, 9.17) is 0 Å². The van der Waals surface area contributed by atoms with Crippen molar-refractivity contribution in [3.63, 3.8) is 0 Å². The Kier molecular flexibility index (Phi) is 5.66. The van der Waals surface area contributed by atoms with Crippen LogP contribution < -0.4 is 10.9 Å². The summed E-state index contributed by atoms with van der Waals surface area (Å²) in [6.45, 7) is 5.11. The molecule has 1 saturated heterocycles. The van der Waals surface area contributed by atoms with Crippen LogP contribution in [-0.4, -0.2) is 34.5 Å². The first-order valence-corrected chi connectivity index (χ1v) is 8.83. The molecule has 0 radical (unpaired) electrons. The largest absolute Gasteiger partial charge is 0.352 e. The number of hydrogen-bond donors (Lipinski definition) is 1. The van der Waals surface area contributed by atoms with Crippen LogP contribution in [0, 0.1) is 6.92 Å². The molecule has 0 atom stereocenters. The topological polar surface area (TPSA) is 54.3 Å². The fraction of sp³-hybridized carbons (Fsp3) is 0.400. The lowest BCUT2D eigenvalue weighted by atomic mass is 10.0. The molecular formula is C20H25N3O2. The van der Waals surface area contributed by atoms with Gasteiger partial charge in [-0.25, -0.2) is 0 Å². The summed E-state index contributed by atoms with van der Waals surface area (Å²) < 4.78 is 1.43. The smallest absolute Gasteiger partial charge is 0.250 e. The van der Waals surface area contributed by atoms with E-state index in [2.05, 4.69) is 41.4 Å². The fourth-order valence-corrected chi connectivity index (χ4v) is 3.32. The summed E-state index contributed by atoms with van der Waals surface area (Å²) in [5, 5.41) is 3.06. The molecule has 132 valence electrons. The van der Waals surface area contributed by atoms with Crippen LogP contribution in [0.1, 0.15) is 24.0 Å². The lowest BCUT2D eigenvalue weighted by molar-refractivity contribution is -0.122. The Hall–Kier alpha value is -2.40. The quantitative estimate of drug-likeness (QED) is 0.906. The summed E-state index contributed by atoms with van der Waals surface area (Å²) in [7, 11) is 0. The summed E-state index contributed by atoms with van der Waals surface area (Å²) >= 11 is 0. The molecule has 3 rings (SSSR count). The maximum Gasteiger partial charge on any atom is 0.250 e. The van der Waals surface area contributed by atoms with E-state index in [0.29, 0.717) is 0 Å². The van der Waals surface area contributed by atoms with Gasteiger partial charge in [0.1, 0.15) is 6.54 Å². The molecule has 0 spiro atoms. The van der Waals surface area contributed by atoms with Gasteiger partial charge in [0.05, 0.1) is 0 Å². The number of hydrogen-bond acceptors (Lipinski definition) is 3. The van der Waals surface area contributed by atoms with Gasteiger partial charge in [0.2, 0.25) is 5.91 Å². The molecule has 0 aliphatic carbocycles. The molecule has 0 bridgehead atoms. The molecule has 1 aromatic carbocycles. The Morgan fingerprint density at radius 3 is 2.68 bits per heavy atom. The van der Waals surface area contributed by atoms with Crippen molar-refractivity contribution in [3.8, 4) is 0 Å². The van der Waals surface area contributed by atoms with Gasteiger partial charge >= 0.3 is 0 Å². The number of carbonyl (C=O) groups excluding carboxylic acids is 1. The molecule has 25 heavy (non-hydrogen) atoms. The molecule has 0 unspecified atom stereocenters. The van der Waals surface area contributed by atoms with E-state index < -0.39 is 0 Å². The zero-order chi connectivity index (χ0) is 17.6. The molecule has 2 aromatic rings. The van der Waals surface area contributed by atoms with Crippen LogP contribution in [0.25, 0.3) is 0 Å². The van der Waals surface area contributed by atoms with Gasteiger partial charge in [-0.2, -0.15) is 0 Å². The minimum absolute atomic E-state index is 0.0865. The number of aryl methyl sites for hydroxylation is 1. The first-order valence-electron chi connectivity index (χ1n) is 8.83. The third-order valence-electron chi connectivity index (χ3n) is 4.65. The van der Waals surface area contributed by atoms with Gasteiger partial charge in [-0.05, 0) is 31.4 Å². The number of benzene rings is 1. The zero-order valence-electron chi connectivity index (χ0n) is 14.6. The molecular weight excluding hydrogens is 314 g/mol. The van der Waals surface area contributed by atoms with E-state index in [-0.39, 0.29) is 24.1 Å². The first-order chi connectivity index (χ1) is 12.1. The second-order valence-corrected chi connectivity index (χ2v) is 6.77. The molecule has 1 aromatic heterocycles. The second kappa shape index (κ2) is 8.12. The molecule has 1 aliphatic heterocycles. The maximum atomic E-state index is 12.2. The molecule has 1 amide bonds. The molecule has 0 saturated carbocycles. The Morgan fingerprint density at radius 1 is 1.16 bits per heavy atom. The van der Waals surface area contributed by atoms with Crippen molar-refractivity contribution in [2.75, 3.05) is 13.1 Å². The van der Waals surface area contributed by atoms with Crippen molar-refractivity contribution >= 4 is 5.91 Å². The SMILES string of the molecule is Cc1cccc(CN2CCC(NC(=O)Cn3ccccc3=O)CC2)c1. The molecule has 2 heterocycles. The molecule has 1 aliphatic rings. The maximum absolute atomic E-state index is 12.2. The van der Waals surface area contributed by atoms with Gasteiger partial charge in [-0.1, -0.05) is 35.9 Å². The van der Waals surface area contributed by atoms with Crippen LogP contribution in [0.2, 0.25) is 0 Å². The summed E-state index contributed by atoms with van der Waals surface area (Å²) in [5.74, 6) is -0.0922. The number of aromatic nitrogens is 1. The van der Waals surface area contributed by atoms with Gasteiger partial charge < -0.3 is 9.88 Å². The van der Waals surface area contributed by atoms with E-state index in [0.717, 1.165) is 32.5 Å². The number of nitrogens with one attached hydrogen (secondary N) is 1. The van der Waals surface area contributed by atoms with Crippen LogP contribution in [0.5, 0.6) is 0 Å². The monoisotopic (exact) mass is 339 g/mol. The van der Waals surface area contributed by atoms with Crippen molar-refractivity contribution < 1.29 is 4.79 Å². The van der Waals surface area contributed by atoms with E-state index in [9.17, 15) is 9.59 Å². The molecule has 5 heteroatoms. The highest BCUT2D eigenvalue weighted by Crippen LogP contribution is 2.14. The normalized spacial score (nSPS) is 15.9. The minimum Gasteiger partial charge on any atom is -0.352 e. The summed E-state index contributed by atoms with van der Waals surface area (Å²) in [5.41, 5.74) is 2.48.